The van der Waals surface area contributed by atoms with Crippen LogP contribution >= 0.6 is 12.2 Å². The molecule has 1 amide bonds. The Morgan fingerprint density at radius 1 is 1.11 bits per heavy atom. The van der Waals surface area contributed by atoms with Crippen LogP contribution in [0.5, 0.6) is 0 Å². The Bertz CT molecular complexity index is 1270. The van der Waals surface area contributed by atoms with Crippen molar-refractivity contribution in [3.63, 3.8) is 0 Å². The van der Waals surface area contributed by atoms with Gasteiger partial charge in [0.1, 0.15) is 11.9 Å². The van der Waals surface area contributed by atoms with Crippen molar-refractivity contribution < 1.29 is 14.5 Å². The highest BCUT2D eigenvalue weighted by Crippen LogP contribution is 2.29. The molecule has 0 spiro atoms. The van der Waals surface area contributed by atoms with Gasteiger partial charge in [0.2, 0.25) is 10.7 Å². The first kappa shape index (κ1) is 23.6. The minimum Gasteiger partial charge on any atom is -0.359 e. The number of piperidine rings is 1. The number of fused-ring (bicyclic) bond motifs is 3. The molecular weight excluding hydrogens is 458 g/mol. The standard InChI is InChI=1S/C27H31N5O2S/c33-24(28-14-17-31-15-12-20(13-16-31)18-19-6-2-1-3-7-19)11-10-23-26(34)32-25(29-23)21-8-4-5-9-22(21)30-27(32)35/h1-9,20,23,29H,10-18H2,(H,28,33)/p+1. The second-order valence-electron chi connectivity index (χ2n) is 9.65. The van der Waals surface area contributed by atoms with Crippen molar-refractivity contribution in [3.8, 4) is 0 Å². The lowest BCUT2D eigenvalue weighted by Gasteiger charge is -2.29. The molecule has 2 aromatic carbocycles. The van der Waals surface area contributed by atoms with Crippen LogP contribution in [0.4, 0.5) is 5.82 Å². The van der Waals surface area contributed by atoms with Crippen LogP contribution in [0.25, 0.3) is 10.9 Å². The predicted octanol–water partition coefficient (Wildman–Crippen LogP) is 2.63. The molecule has 3 N–H and O–H groups in total. The lowest BCUT2D eigenvalue weighted by molar-refractivity contribution is -0.905. The van der Waals surface area contributed by atoms with Crippen LogP contribution in [0.2, 0.25) is 0 Å². The number of benzene rings is 2. The van der Waals surface area contributed by atoms with E-state index in [1.54, 1.807) is 4.90 Å². The van der Waals surface area contributed by atoms with Gasteiger partial charge in [-0.2, -0.15) is 0 Å². The summed E-state index contributed by atoms with van der Waals surface area (Å²) in [5.41, 5.74) is 2.19. The summed E-state index contributed by atoms with van der Waals surface area (Å²) in [4.78, 5) is 31.3. The van der Waals surface area contributed by atoms with Gasteiger partial charge in [0.05, 0.1) is 31.7 Å². The van der Waals surface area contributed by atoms with E-state index in [0.29, 0.717) is 25.2 Å². The van der Waals surface area contributed by atoms with E-state index in [4.69, 9.17) is 12.2 Å². The van der Waals surface area contributed by atoms with Gasteiger partial charge in [-0.05, 0) is 61.5 Å². The van der Waals surface area contributed by atoms with E-state index in [-0.39, 0.29) is 16.6 Å². The molecule has 1 unspecified atom stereocenters. The van der Waals surface area contributed by atoms with Crippen molar-refractivity contribution in [2.45, 2.75) is 38.1 Å². The minimum atomic E-state index is -0.468. The maximum absolute atomic E-state index is 12.9. The molecule has 5 rings (SSSR count). The zero-order chi connectivity index (χ0) is 24.2. The molecule has 7 nitrogen and oxygen atoms in total. The monoisotopic (exact) mass is 490 g/mol. The molecule has 8 heteroatoms. The topological polar surface area (TPSA) is 80.5 Å². The molecule has 0 bridgehead atoms. The van der Waals surface area contributed by atoms with E-state index in [1.807, 2.05) is 24.3 Å². The summed E-state index contributed by atoms with van der Waals surface area (Å²) in [6.45, 7) is 3.94. The first-order chi connectivity index (χ1) is 17.1. The molecular formula is C27H32N5O2S+. The number of amides is 1. The highest BCUT2D eigenvalue weighted by atomic mass is 32.1. The number of para-hydroxylation sites is 1. The van der Waals surface area contributed by atoms with E-state index in [0.717, 1.165) is 36.5 Å². The molecule has 1 atom stereocenters. The number of carbonyl (C=O) groups is 2. The zero-order valence-electron chi connectivity index (χ0n) is 19.8. The average molecular weight is 491 g/mol. The molecule has 1 aromatic heterocycles. The summed E-state index contributed by atoms with van der Waals surface area (Å²) in [5, 5.41) is 7.18. The summed E-state index contributed by atoms with van der Waals surface area (Å²) < 4.78 is 1.71. The minimum absolute atomic E-state index is 0.0134. The van der Waals surface area contributed by atoms with Crippen molar-refractivity contribution in [3.05, 3.63) is 64.9 Å². The van der Waals surface area contributed by atoms with Crippen molar-refractivity contribution in [2.24, 2.45) is 5.92 Å². The van der Waals surface area contributed by atoms with Gasteiger partial charge in [0.25, 0.3) is 5.91 Å². The zero-order valence-corrected chi connectivity index (χ0v) is 20.7. The summed E-state index contributed by atoms with van der Waals surface area (Å²) in [5.74, 6) is 1.28. The van der Waals surface area contributed by atoms with Crippen molar-refractivity contribution in [2.75, 3.05) is 31.5 Å². The predicted molar refractivity (Wildman–Crippen MR) is 139 cm³/mol. The molecule has 1 saturated heterocycles. The second-order valence-corrected chi connectivity index (χ2v) is 10.0. The number of rotatable bonds is 8. The third kappa shape index (κ3) is 5.44. The normalized spacial score (nSPS) is 21.5. The van der Waals surface area contributed by atoms with Crippen LogP contribution in [-0.2, 0) is 11.2 Å². The number of nitrogens with one attached hydrogen (secondary N) is 3. The van der Waals surface area contributed by atoms with Crippen molar-refractivity contribution in [1.29, 1.82) is 0 Å². The van der Waals surface area contributed by atoms with Gasteiger partial charge in [-0.15, -0.1) is 0 Å². The van der Waals surface area contributed by atoms with Crippen molar-refractivity contribution in [1.82, 2.24) is 14.9 Å². The molecule has 3 heterocycles. The first-order valence-corrected chi connectivity index (χ1v) is 13.0. The van der Waals surface area contributed by atoms with Crippen LogP contribution in [0.1, 0.15) is 36.0 Å². The summed E-state index contributed by atoms with van der Waals surface area (Å²) in [6.07, 6.45) is 4.36. The number of nitrogens with zero attached hydrogens (tertiary/aromatic N) is 2. The van der Waals surface area contributed by atoms with Crippen LogP contribution in [0, 0.1) is 10.7 Å². The molecule has 0 saturated carbocycles. The van der Waals surface area contributed by atoms with Gasteiger partial charge in [-0.3, -0.25) is 9.59 Å². The molecule has 182 valence electrons. The third-order valence-corrected chi connectivity index (χ3v) is 7.53. The quantitative estimate of drug-likeness (QED) is 0.423. The van der Waals surface area contributed by atoms with Gasteiger partial charge in [0.15, 0.2) is 0 Å². The van der Waals surface area contributed by atoms with Crippen LogP contribution in [-0.4, -0.2) is 53.6 Å². The Hall–Kier alpha value is -3.10. The SMILES string of the molecule is O=C(CCC1Nc2c3ccccc3nc(=S)n2C1=O)NCC[NH+]1CCC(Cc2ccccc2)CC1. The summed E-state index contributed by atoms with van der Waals surface area (Å²) >= 11 is 5.34. The van der Waals surface area contributed by atoms with Gasteiger partial charge >= 0.3 is 0 Å². The number of likely N-dealkylation sites (tertiary alicyclic amines) is 1. The van der Waals surface area contributed by atoms with Crippen LogP contribution in [0.3, 0.4) is 0 Å². The van der Waals surface area contributed by atoms with E-state index in [1.165, 1.54) is 29.4 Å². The molecule has 3 aromatic rings. The Morgan fingerprint density at radius 2 is 1.86 bits per heavy atom. The van der Waals surface area contributed by atoms with Gasteiger partial charge in [0, 0.05) is 11.8 Å². The molecule has 35 heavy (non-hydrogen) atoms. The summed E-state index contributed by atoms with van der Waals surface area (Å²) in [6, 6.07) is 17.9. The van der Waals surface area contributed by atoms with Gasteiger partial charge in [-0.1, -0.05) is 42.5 Å². The number of carbonyl (C=O) groups excluding carboxylic acids is 2. The van der Waals surface area contributed by atoms with Crippen LogP contribution < -0.4 is 15.5 Å². The molecule has 0 aliphatic carbocycles. The van der Waals surface area contributed by atoms with E-state index in [2.05, 4.69) is 45.9 Å². The lowest BCUT2D eigenvalue weighted by atomic mass is 9.90. The van der Waals surface area contributed by atoms with Gasteiger partial charge < -0.3 is 15.5 Å². The molecule has 2 aliphatic rings. The Kier molecular flexibility index (Phi) is 7.20. The molecule has 2 aliphatic heterocycles. The van der Waals surface area contributed by atoms with E-state index in [9.17, 15) is 9.59 Å². The maximum Gasteiger partial charge on any atom is 0.257 e. The number of hydrogen-bond donors (Lipinski definition) is 3. The number of anilines is 1. The third-order valence-electron chi connectivity index (χ3n) is 7.26. The van der Waals surface area contributed by atoms with Crippen molar-refractivity contribution >= 4 is 40.8 Å². The lowest BCUT2D eigenvalue weighted by Crippen LogP contribution is -3.13. The Morgan fingerprint density at radius 3 is 2.66 bits per heavy atom. The highest BCUT2D eigenvalue weighted by molar-refractivity contribution is 7.71. The maximum atomic E-state index is 12.9. The number of aromatic nitrogens is 2. The fourth-order valence-corrected chi connectivity index (χ4v) is 5.58. The molecule has 1 fully saturated rings. The van der Waals surface area contributed by atoms with Crippen LogP contribution in [0.15, 0.2) is 54.6 Å². The number of quaternary nitrogens is 1. The largest absolute Gasteiger partial charge is 0.359 e. The summed E-state index contributed by atoms with van der Waals surface area (Å²) in [7, 11) is 0. The smallest absolute Gasteiger partial charge is 0.257 e. The fraction of sp³-hybridized carbons (Fsp3) is 0.407. The highest BCUT2D eigenvalue weighted by Gasteiger charge is 2.32. The Labute approximate surface area is 210 Å². The first-order valence-electron chi connectivity index (χ1n) is 12.6. The fourth-order valence-electron chi connectivity index (χ4n) is 5.30. The van der Waals surface area contributed by atoms with E-state index < -0.39 is 6.04 Å². The average Bonchev–Trinajstić information content (AvgIpc) is 3.21. The number of hydrogen-bond acceptors (Lipinski definition) is 5. The van der Waals surface area contributed by atoms with Gasteiger partial charge in [-0.25, -0.2) is 9.55 Å². The van der Waals surface area contributed by atoms with E-state index >= 15 is 0 Å². The molecule has 0 radical (unpaired) electrons. The Balaban J connectivity index is 1.04. The second kappa shape index (κ2) is 10.7.